The van der Waals surface area contributed by atoms with Gasteiger partial charge in [-0.25, -0.2) is 0 Å². The van der Waals surface area contributed by atoms with Gasteiger partial charge < -0.3 is 20.3 Å². The fraction of sp³-hybridized carbons (Fsp3) is 0.259. The third-order valence-electron chi connectivity index (χ3n) is 5.72. The Morgan fingerprint density at radius 2 is 1.48 bits per heavy atom. The predicted molar refractivity (Wildman–Crippen MR) is 137 cm³/mol. The molecule has 6 heteroatoms. The van der Waals surface area contributed by atoms with E-state index in [2.05, 4.69) is 27.7 Å². The molecule has 0 aliphatic carbocycles. The summed E-state index contributed by atoms with van der Waals surface area (Å²) in [5.41, 5.74) is 2.12. The molecule has 170 valence electrons. The highest BCUT2D eigenvalue weighted by Crippen LogP contribution is 2.23. The van der Waals surface area contributed by atoms with Gasteiger partial charge in [-0.3, -0.25) is 4.79 Å². The minimum atomic E-state index is 0.121. The molecular weight excluding hydrogens is 430 g/mol. The summed E-state index contributed by atoms with van der Waals surface area (Å²) in [5.74, 6) is 1.71. The standard InChI is InChI=1S/C27H29N3O2S/c31-26(16-11-21-7-3-1-4-8-21)28-23-17-19-30(20-18-23)27(33)29-22-12-14-25(15-13-22)32-24-9-5-2-6-10-24/h1-10,12-15,23H,11,16-20H2,(H,28,31)(H,29,33). The lowest BCUT2D eigenvalue weighted by Crippen LogP contribution is -2.47. The Morgan fingerprint density at radius 3 is 2.15 bits per heavy atom. The summed E-state index contributed by atoms with van der Waals surface area (Å²) in [6.07, 6.45) is 3.08. The average molecular weight is 460 g/mol. The van der Waals surface area contributed by atoms with E-state index in [1.54, 1.807) is 0 Å². The zero-order valence-electron chi connectivity index (χ0n) is 18.6. The molecule has 1 aliphatic rings. The van der Waals surface area contributed by atoms with Crippen LogP contribution in [0.25, 0.3) is 0 Å². The van der Waals surface area contributed by atoms with Crippen molar-refractivity contribution >= 4 is 28.9 Å². The van der Waals surface area contributed by atoms with Gasteiger partial charge in [0.15, 0.2) is 5.11 Å². The largest absolute Gasteiger partial charge is 0.457 e. The number of carbonyl (C=O) groups is 1. The van der Waals surface area contributed by atoms with E-state index < -0.39 is 0 Å². The maximum absolute atomic E-state index is 12.3. The molecule has 0 saturated carbocycles. The fourth-order valence-corrected chi connectivity index (χ4v) is 4.16. The predicted octanol–water partition coefficient (Wildman–Crippen LogP) is 5.39. The number of benzene rings is 3. The summed E-state index contributed by atoms with van der Waals surface area (Å²) in [4.78, 5) is 14.5. The molecule has 0 bridgehead atoms. The summed E-state index contributed by atoms with van der Waals surface area (Å²) < 4.78 is 5.83. The molecule has 3 aromatic carbocycles. The summed E-state index contributed by atoms with van der Waals surface area (Å²) in [7, 11) is 0. The molecule has 1 fully saturated rings. The Bertz CT molecular complexity index is 1030. The smallest absolute Gasteiger partial charge is 0.220 e. The van der Waals surface area contributed by atoms with Crippen LogP contribution in [-0.2, 0) is 11.2 Å². The van der Waals surface area contributed by atoms with Crippen molar-refractivity contribution < 1.29 is 9.53 Å². The van der Waals surface area contributed by atoms with E-state index in [0.717, 1.165) is 49.5 Å². The Morgan fingerprint density at radius 1 is 0.879 bits per heavy atom. The maximum Gasteiger partial charge on any atom is 0.220 e. The number of carbonyl (C=O) groups excluding carboxylic acids is 1. The van der Waals surface area contributed by atoms with Crippen molar-refractivity contribution in [3.8, 4) is 11.5 Å². The minimum absolute atomic E-state index is 0.121. The van der Waals surface area contributed by atoms with Crippen LogP contribution in [0.4, 0.5) is 5.69 Å². The highest BCUT2D eigenvalue weighted by molar-refractivity contribution is 7.80. The lowest BCUT2D eigenvalue weighted by molar-refractivity contribution is -0.122. The van der Waals surface area contributed by atoms with Crippen LogP contribution in [0.15, 0.2) is 84.9 Å². The number of nitrogens with zero attached hydrogens (tertiary/aromatic N) is 1. The van der Waals surface area contributed by atoms with Crippen molar-refractivity contribution in [1.29, 1.82) is 0 Å². The van der Waals surface area contributed by atoms with Crippen LogP contribution in [-0.4, -0.2) is 35.1 Å². The number of para-hydroxylation sites is 1. The van der Waals surface area contributed by atoms with E-state index in [0.29, 0.717) is 11.5 Å². The van der Waals surface area contributed by atoms with E-state index in [1.807, 2.05) is 72.8 Å². The maximum atomic E-state index is 12.3. The number of amides is 1. The number of aryl methyl sites for hydroxylation is 1. The number of nitrogens with one attached hydrogen (secondary N) is 2. The third-order valence-corrected chi connectivity index (χ3v) is 6.08. The van der Waals surface area contributed by atoms with Gasteiger partial charge in [-0.1, -0.05) is 48.5 Å². The molecule has 5 nitrogen and oxygen atoms in total. The van der Waals surface area contributed by atoms with Crippen molar-refractivity contribution in [2.24, 2.45) is 0 Å². The van der Waals surface area contributed by atoms with E-state index in [-0.39, 0.29) is 11.9 Å². The van der Waals surface area contributed by atoms with Gasteiger partial charge in [0, 0.05) is 31.2 Å². The van der Waals surface area contributed by atoms with Crippen LogP contribution in [0, 0.1) is 0 Å². The van der Waals surface area contributed by atoms with Gasteiger partial charge in [0.2, 0.25) is 5.91 Å². The number of hydrogen-bond acceptors (Lipinski definition) is 3. The van der Waals surface area contributed by atoms with Crippen molar-refractivity contribution in [3.05, 3.63) is 90.5 Å². The van der Waals surface area contributed by atoms with Gasteiger partial charge >= 0.3 is 0 Å². The van der Waals surface area contributed by atoms with Crippen LogP contribution >= 0.6 is 12.2 Å². The van der Waals surface area contributed by atoms with Gasteiger partial charge in [0.25, 0.3) is 0 Å². The van der Waals surface area contributed by atoms with E-state index >= 15 is 0 Å². The summed E-state index contributed by atoms with van der Waals surface area (Å²) in [6.45, 7) is 1.65. The van der Waals surface area contributed by atoms with Gasteiger partial charge in [-0.2, -0.15) is 0 Å². The number of anilines is 1. The fourth-order valence-electron chi connectivity index (χ4n) is 3.86. The molecule has 1 heterocycles. The van der Waals surface area contributed by atoms with E-state index in [4.69, 9.17) is 17.0 Å². The summed E-state index contributed by atoms with van der Waals surface area (Å²) in [5, 5.41) is 7.20. The summed E-state index contributed by atoms with van der Waals surface area (Å²) >= 11 is 5.61. The molecule has 1 saturated heterocycles. The lowest BCUT2D eigenvalue weighted by atomic mass is 10.0. The molecule has 0 spiro atoms. The molecule has 0 unspecified atom stereocenters. The van der Waals surface area contributed by atoms with Crippen LogP contribution in [0.2, 0.25) is 0 Å². The van der Waals surface area contributed by atoms with E-state index in [1.165, 1.54) is 5.56 Å². The third kappa shape index (κ3) is 7.05. The number of ether oxygens (including phenoxy) is 1. The first kappa shape index (κ1) is 22.8. The van der Waals surface area contributed by atoms with Crippen molar-refractivity contribution in [1.82, 2.24) is 10.2 Å². The molecule has 2 N–H and O–H groups in total. The van der Waals surface area contributed by atoms with Crippen LogP contribution in [0.1, 0.15) is 24.8 Å². The van der Waals surface area contributed by atoms with E-state index in [9.17, 15) is 4.79 Å². The normalized spacial score (nSPS) is 13.9. The number of likely N-dealkylation sites (tertiary alicyclic amines) is 1. The molecule has 0 radical (unpaired) electrons. The molecule has 4 rings (SSSR count). The Hall–Kier alpha value is -3.38. The highest BCUT2D eigenvalue weighted by atomic mass is 32.1. The molecule has 0 aromatic heterocycles. The highest BCUT2D eigenvalue weighted by Gasteiger charge is 2.22. The number of rotatable bonds is 7. The zero-order valence-corrected chi connectivity index (χ0v) is 19.4. The second-order valence-corrected chi connectivity index (χ2v) is 8.57. The number of hydrogen-bond donors (Lipinski definition) is 2. The Kier molecular flexibility index (Phi) is 7.93. The number of piperidine rings is 1. The SMILES string of the molecule is O=C(CCc1ccccc1)NC1CCN(C(=S)Nc2ccc(Oc3ccccc3)cc2)CC1. The van der Waals surface area contributed by atoms with Crippen molar-refractivity contribution in [3.63, 3.8) is 0 Å². The molecule has 1 aliphatic heterocycles. The van der Waals surface area contributed by atoms with Crippen molar-refractivity contribution in [2.75, 3.05) is 18.4 Å². The Labute approximate surface area is 200 Å². The van der Waals surface area contributed by atoms with Gasteiger partial charge in [-0.15, -0.1) is 0 Å². The first-order valence-corrected chi connectivity index (χ1v) is 11.8. The first-order valence-electron chi connectivity index (χ1n) is 11.4. The lowest BCUT2D eigenvalue weighted by Gasteiger charge is -2.34. The van der Waals surface area contributed by atoms with Crippen LogP contribution in [0.3, 0.4) is 0 Å². The molecular formula is C27H29N3O2S. The van der Waals surface area contributed by atoms with Crippen LogP contribution in [0.5, 0.6) is 11.5 Å². The number of thiocarbonyl (C=S) groups is 1. The Balaban J connectivity index is 1.18. The van der Waals surface area contributed by atoms with Gasteiger partial charge in [-0.05, 0) is 73.4 Å². The van der Waals surface area contributed by atoms with Crippen molar-refractivity contribution in [2.45, 2.75) is 31.7 Å². The van der Waals surface area contributed by atoms with Gasteiger partial charge in [0.1, 0.15) is 11.5 Å². The molecule has 3 aromatic rings. The molecule has 0 atom stereocenters. The monoisotopic (exact) mass is 459 g/mol. The topological polar surface area (TPSA) is 53.6 Å². The average Bonchev–Trinajstić information content (AvgIpc) is 2.86. The second kappa shape index (κ2) is 11.5. The second-order valence-electron chi connectivity index (χ2n) is 8.18. The molecule has 33 heavy (non-hydrogen) atoms. The quantitative estimate of drug-likeness (QED) is 0.464. The molecule has 1 amide bonds. The first-order chi connectivity index (χ1) is 16.2. The van der Waals surface area contributed by atoms with Gasteiger partial charge in [0.05, 0.1) is 0 Å². The minimum Gasteiger partial charge on any atom is -0.457 e. The zero-order chi connectivity index (χ0) is 22.9. The van der Waals surface area contributed by atoms with Crippen LogP contribution < -0.4 is 15.4 Å². The summed E-state index contributed by atoms with van der Waals surface area (Å²) in [6, 6.07) is 27.8.